The van der Waals surface area contributed by atoms with E-state index in [1.165, 1.54) is 11.8 Å². The summed E-state index contributed by atoms with van der Waals surface area (Å²) in [5, 5.41) is 22.3. The molecule has 0 spiro atoms. The van der Waals surface area contributed by atoms with Crippen LogP contribution in [0, 0.1) is 17.2 Å². The van der Waals surface area contributed by atoms with Crippen molar-refractivity contribution in [3.63, 3.8) is 0 Å². The van der Waals surface area contributed by atoms with Crippen LogP contribution in [0.3, 0.4) is 0 Å². The fourth-order valence-corrected chi connectivity index (χ4v) is 5.64. The van der Waals surface area contributed by atoms with Crippen molar-refractivity contribution in [3.8, 4) is 11.9 Å². The average Bonchev–Trinajstić information content (AvgIpc) is 3.44. The quantitative estimate of drug-likeness (QED) is 0.760. The molecular weight excluding hydrogens is 404 g/mol. The van der Waals surface area contributed by atoms with Crippen molar-refractivity contribution in [3.05, 3.63) is 34.5 Å². The summed E-state index contributed by atoms with van der Waals surface area (Å²) in [5.41, 5.74) is 5.10. The normalized spacial score (nSPS) is 20.9. The number of anilines is 1. The molecule has 3 N–H and O–H groups in total. The second-order valence-corrected chi connectivity index (χ2v) is 9.70. The van der Waals surface area contributed by atoms with Gasteiger partial charge in [0.2, 0.25) is 5.88 Å². The van der Waals surface area contributed by atoms with Crippen LogP contribution in [0.2, 0.25) is 0 Å². The van der Waals surface area contributed by atoms with E-state index in [0.29, 0.717) is 31.9 Å². The van der Waals surface area contributed by atoms with Crippen molar-refractivity contribution in [2.75, 3.05) is 11.9 Å². The van der Waals surface area contributed by atoms with Gasteiger partial charge in [-0.1, -0.05) is 6.07 Å². The number of hydrogen-bond acceptors (Lipinski definition) is 5. The van der Waals surface area contributed by atoms with E-state index < -0.39 is 15.9 Å². The van der Waals surface area contributed by atoms with E-state index in [1.54, 1.807) is 4.68 Å². The number of carbonyl (C=O) groups excluding carboxylic acids is 1. The Bertz CT molecular complexity index is 1220. The van der Waals surface area contributed by atoms with Gasteiger partial charge in [0.05, 0.1) is 24.8 Å². The first-order chi connectivity index (χ1) is 14.5. The minimum absolute atomic E-state index is 0.0926. The number of nitrogens with zero attached hydrogens (tertiary/aromatic N) is 4. The summed E-state index contributed by atoms with van der Waals surface area (Å²) in [6.07, 6.45) is 6.27. The van der Waals surface area contributed by atoms with Gasteiger partial charge in [0, 0.05) is 18.7 Å². The highest BCUT2D eigenvalue weighted by Gasteiger charge is 2.30. The number of amides is 2. The number of ether oxygens (including phenoxy) is 1. The van der Waals surface area contributed by atoms with Crippen LogP contribution in [-0.2, 0) is 42.1 Å². The van der Waals surface area contributed by atoms with Crippen molar-refractivity contribution < 1.29 is 13.7 Å². The van der Waals surface area contributed by atoms with E-state index in [1.807, 2.05) is 0 Å². The lowest BCUT2D eigenvalue weighted by Gasteiger charge is -2.16. The molecule has 0 radical (unpaired) electrons. The zero-order chi connectivity index (χ0) is 20.9. The zero-order valence-corrected chi connectivity index (χ0v) is 17.2. The number of aromatic nitrogens is 2. The van der Waals surface area contributed by atoms with Gasteiger partial charge in [-0.25, -0.2) is 18.8 Å². The predicted octanol–water partition coefficient (Wildman–Crippen LogP) is 2.33. The maximum absolute atomic E-state index is 13.1. The van der Waals surface area contributed by atoms with Gasteiger partial charge in [-0.05, 0) is 54.4 Å². The summed E-state index contributed by atoms with van der Waals surface area (Å²) in [7, 11) is -3.52. The number of nitriles is 1. The third kappa shape index (κ3) is 3.14. The van der Waals surface area contributed by atoms with Gasteiger partial charge in [-0.15, -0.1) is 4.36 Å². The first kappa shape index (κ1) is 19.1. The van der Waals surface area contributed by atoms with Gasteiger partial charge >= 0.3 is 6.03 Å². The second-order valence-electron chi connectivity index (χ2n) is 7.94. The number of rotatable bonds is 2. The maximum atomic E-state index is 13.1. The molecule has 0 saturated heterocycles. The van der Waals surface area contributed by atoms with Gasteiger partial charge in [0.15, 0.2) is 9.92 Å². The van der Waals surface area contributed by atoms with Gasteiger partial charge in [-0.2, -0.15) is 10.4 Å². The Balaban J connectivity index is 1.49. The molecule has 10 heteroatoms. The van der Waals surface area contributed by atoms with Crippen molar-refractivity contribution in [1.82, 2.24) is 9.78 Å². The molecule has 156 valence electrons. The molecule has 9 nitrogen and oxygen atoms in total. The van der Waals surface area contributed by atoms with Gasteiger partial charge in [0.25, 0.3) is 0 Å². The summed E-state index contributed by atoms with van der Waals surface area (Å²) in [5.74, 6) is 0.216. The number of benzene rings is 1. The van der Waals surface area contributed by atoms with Gasteiger partial charge in [0.1, 0.15) is 4.90 Å². The van der Waals surface area contributed by atoms with E-state index in [0.717, 1.165) is 48.1 Å². The van der Waals surface area contributed by atoms with E-state index in [-0.39, 0.29) is 10.8 Å². The topological polar surface area (TPSA) is 135 Å². The lowest BCUT2D eigenvalue weighted by molar-refractivity contribution is 0.224. The Hall–Kier alpha value is -2.90. The highest BCUT2D eigenvalue weighted by Crippen LogP contribution is 2.40. The Morgan fingerprint density at radius 3 is 3.03 bits per heavy atom. The summed E-state index contributed by atoms with van der Waals surface area (Å²) in [6, 6.07) is 3.74. The lowest BCUT2D eigenvalue weighted by atomic mass is 9.99. The first-order valence-electron chi connectivity index (χ1n) is 10.1. The van der Waals surface area contributed by atoms with Crippen LogP contribution in [0.5, 0.6) is 5.88 Å². The van der Waals surface area contributed by atoms with Crippen LogP contribution < -0.4 is 15.2 Å². The van der Waals surface area contributed by atoms with Crippen LogP contribution in [0.1, 0.15) is 35.1 Å². The number of carbonyl (C=O) groups is 1. The Kier molecular flexibility index (Phi) is 4.52. The van der Waals surface area contributed by atoms with Crippen molar-refractivity contribution in [1.29, 1.82) is 5.26 Å². The average molecular weight is 427 g/mol. The number of fused-ring (bicyclic) bond motifs is 3. The standard InChI is InChI=1S/C20H22N6O3S/c21-10-12-7-14-9-13-3-1-4-15(13)18(16(14)8-12)24-20(27)25-30(22,28)17-11-23-26-5-2-6-29-19(17)26/h9,11-12H,1-8H2,(H3,22,24,25,27,28). The highest BCUT2D eigenvalue weighted by atomic mass is 32.2. The van der Waals surface area contributed by atoms with E-state index in [2.05, 4.69) is 26.9 Å². The van der Waals surface area contributed by atoms with E-state index in [4.69, 9.17) is 9.88 Å². The molecule has 0 saturated carbocycles. The second kappa shape index (κ2) is 7.11. The van der Waals surface area contributed by atoms with Gasteiger partial charge in [-0.3, -0.25) is 0 Å². The highest BCUT2D eigenvalue weighted by molar-refractivity contribution is 7.91. The molecule has 2 unspecified atom stereocenters. The Morgan fingerprint density at radius 1 is 1.33 bits per heavy atom. The first-order valence-corrected chi connectivity index (χ1v) is 11.6. The SMILES string of the molecule is N#CC1Cc2cc3c(c(NC(=O)N=S(N)(=O)c4cnn5c4OCCC5)c2C1)CCC3. The maximum Gasteiger partial charge on any atom is 0.354 e. The third-order valence-electron chi connectivity index (χ3n) is 5.98. The van der Waals surface area contributed by atoms with Crippen molar-refractivity contribution in [2.45, 2.75) is 50.0 Å². The molecule has 2 amide bonds. The molecule has 2 atom stereocenters. The van der Waals surface area contributed by atoms with Crippen LogP contribution >= 0.6 is 0 Å². The summed E-state index contributed by atoms with van der Waals surface area (Å²) >= 11 is 0. The Morgan fingerprint density at radius 2 is 2.20 bits per heavy atom. The monoisotopic (exact) mass is 426 g/mol. The predicted molar refractivity (Wildman–Crippen MR) is 109 cm³/mol. The van der Waals surface area contributed by atoms with E-state index >= 15 is 0 Å². The van der Waals surface area contributed by atoms with Crippen LogP contribution in [0.4, 0.5) is 10.5 Å². The number of aryl methyl sites for hydroxylation is 2. The molecule has 5 rings (SSSR count). The van der Waals surface area contributed by atoms with Crippen LogP contribution in [0.15, 0.2) is 21.5 Å². The summed E-state index contributed by atoms with van der Waals surface area (Å²) in [6.45, 7) is 1.11. The molecular formula is C20H22N6O3S. The fraction of sp³-hybridized carbons (Fsp3) is 0.450. The molecule has 2 heterocycles. The fourth-order valence-electron chi connectivity index (χ4n) is 4.64. The molecule has 0 fully saturated rings. The molecule has 30 heavy (non-hydrogen) atoms. The molecule has 2 aliphatic carbocycles. The third-order valence-corrected chi connectivity index (χ3v) is 7.33. The Labute approximate surface area is 174 Å². The van der Waals surface area contributed by atoms with E-state index in [9.17, 15) is 14.3 Å². The minimum Gasteiger partial charge on any atom is -0.477 e. The summed E-state index contributed by atoms with van der Waals surface area (Å²) < 4.78 is 24.0. The number of nitrogens with two attached hydrogens (primary N) is 1. The number of hydrogen-bond donors (Lipinski definition) is 2. The lowest BCUT2D eigenvalue weighted by Crippen LogP contribution is -2.21. The number of urea groups is 1. The molecule has 1 aromatic carbocycles. The molecule has 1 aromatic heterocycles. The molecule has 2 aromatic rings. The largest absolute Gasteiger partial charge is 0.477 e. The minimum atomic E-state index is -3.52. The summed E-state index contributed by atoms with van der Waals surface area (Å²) in [4.78, 5) is 12.9. The number of nitrogens with one attached hydrogen (secondary N) is 1. The van der Waals surface area contributed by atoms with Crippen molar-refractivity contribution >= 4 is 21.6 Å². The zero-order valence-electron chi connectivity index (χ0n) is 16.4. The van der Waals surface area contributed by atoms with Crippen LogP contribution in [0.25, 0.3) is 0 Å². The molecule has 0 bridgehead atoms. The van der Waals surface area contributed by atoms with Crippen LogP contribution in [-0.4, -0.2) is 26.6 Å². The van der Waals surface area contributed by atoms with Gasteiger partial charge < -0.3 is 10.1 Å². The van der Waals surface area contributed by atoms with Crippen molar-refractivity contribution in [2.24, 2.45) is 15.4 Å². The molecule has 3 aliphatic rings. The smallest absolute Gasteiger partial charge is 0.354 e. The molecule has 1 aliphatic heterocycles.